The minimum absolute atomic E-state index is 0.0945. The van der Waals surface area contributed by atoms with Crippen molar-refractivity contribution in [3.63, 3.8) is 0 Å². The number of methoxy groups -OCH3 is 1. The van der Waals surface area contributed by atoms with Crippen molar-refractivity contribution in [1.29, 1.82) is 0 Å². The first-order chi connectivity index (χ1) is 11.6. The van der Waals surface area contributed by atoms with Crippen LogP contribution in [0, 0.1) is 5.92 Å². The van der Waals surface area contributed by atoms with Gasteiger partial charge in [0.25, 0.3) is 0 Å². The maximum Gasteiger partial charge on any atom is 0.308 e. The minimum Gasteiger partial charge on any atom is -0.469 e. The molecule has 1 saturated carbocycles. The van der Waals surface area contributed by atoms with Crippen molar-refractivity contribution in [2.45, 2.75) is 43.9 Å². The van der Waals surface area contributed by atoms with Gasteiger partial charge in [0, 0.05) is 37.9 Å². The number of anilines is 1. The third kappa shape index (κ3) is 3.57. The molecule has 2 aliphatic rings. The molecule has 0 amide bonds. The van der Waals surface area contributed by atoms with E-state index in [1.807, 2.05) is 6.07 Å². The quantitative estimate of drug-likeness (QED) is 0.854. The smallest absolute Gasteiger partial charge is 0.308 e. The number of esters is 1. The van der Waals surface area contributed by atoms with Gasteiger partial charge in [-0.1, -0.05) is 18.2 Å². The predicted molar refractivity (Wildman–Crippen MR) is 94.0 cm³/mol. The molecule has 1 aromatic rings. The predicted octanol–water partition coefficient (Wildman–Crippen LogP) is 1.90. The summed E-state index contributed by atoms with van der Waals surface area (Å²) in [5, 5.41) is 10.3. The Morgan fingerprint density at radius 2 is 1.88 bits per heavy atom. The van der Waals surface area contributed by atoms with Crippen LogP contribution in [-0.4, -0.2) is 61.4 Å². The zero-order valence-electron chi connectivity index (χ0n) is 14.6. The number of carbonyl (C=O) groups excluding carboxylic acids is 1. The molecule has 2 fully saturated rings. The second-order valence-corrected chi connectivity index (χ2v) is 7.04. The highest BCUT2D eigenvalue weighted by molar-refractivity contribution is 5.72. The molecule has 5 heteroatoms. The van der Waals surface area contributed by atoms with Crippen molar-refractivity contribution >= 4 is 11.7 Å². The number of hydrogen-bond donors (Lipinski definition) is 1. The molecule has 1 heterocycles. The third-order valence-electron chi connectivity index (χ3n) is 5.71. The van der Waals surface area contributed by atoms with Gasteiger partial charge in [0.15, 0.2) is 0 Å². The maximum absolute atomic E-state index is 11.7. The van der Waals surface area contributed by atoms with E-state index < -0.39 is 6.10 Å². The van der Waals surface area contributed by atoms with Crippen LogP contribution in [0.2, 0.25) is 0 Å². The van der Waals surface area contributed by atoms with Gasteiger partial charge < -0.3 is 14.7 Å². The first-order valence-electron chi connectivity index (χ1n) is 8.88. The van der Waals surface area contributed by atoms with E-state index in [0.29, 0.717) is 18.9 Å². The van der Waals surface area contributed by atoms with Crippen molar-refractivity contribution < 1.29 is 14.6 Å². The van der Waals surface area contributed by atoms with Crippen LogP contribution in [0.1, 0.15) is 25.7 Å². The second kappa shape index (κ2) is 7.53. The highest BCUT2D eigenvalue weighted by Gasteiger charge is 2.41. The number of hydrogen-bond acceptors (Lipinski definition) is 5. The van der Waals surface area contributed by atoms with E-state index in [1.165, 1.54) is 12.8 Å². The summed E-state index contributed by atoms with van der Waals surface area (Å²) >= 11 is 0. The maximum atomic E-state index is 11.7. The van der Waals surface area contributed by atoms with Crippen LogP contribution in [-0.2, 0) is 9.53 Å². The molecular weight excluding hydrogens is 304 g/mol. The Morgan fingerprint density at radius 3 is 2.50 bits per heavy atom. The largest absolute Gasteiger partial charge is 0.469 e. The molecule has 0 radical (unpaired) electrons. The average molecular weight is 332 g/mol. The van der Waals surface area contributed by atoms with Crippen molar-refractivity contribution in [3.8, 4) is 0 Å². The molecule has 1 saturated heterocycles. The molecule has 0 aromatic heterocycles. The summed E-state index contributed by atoms with van der Waals surface area (Å²) in [5.74, 6) is -0.338. The number of ether oxygens (including phenoxy) is 1. The first-order valence-corrected chi connectivity index (χ1v) is 8.88. The van der Waals surface area contributed by atoms with Crippen LogP contribution in [0.4, 0.5) is 5.69 Å². The Kier molecular flexibility index (Phi) is 5.41. The van der Waals surface area contributed by atoms with Gasteiger partial charge in [-0.15, -0.1) is 0 Å². The lowest BCUT2D eigenvalue weighted by Gasteiger charge is -2.41. The zero-order valence-corrected chi connectivity index (χ0v) is 14.6. The standard InChI is InChI=1S/C19H28N2O3/c1-20(15-6-4-3-5-7-15)16-8-10-21(11-9-16)17-12-14(13-18(17)22)19(23)24-2/h3-7,14,16-18,22H,8-13H2,1-2H3/t14-,17-,18+/m0/s1. The summed E-state index contributed by atoms with van der Waals surface area (Å²) in [5.41, 5.74) is 1.25. The van der Waals surface area contributed by atoms with Gasteiger partial charge in [-0.05, 0) is 37.8 Å². The van der Waals surface area contributed by atoms with Gasteiger partial charge in [0.05, 0.1) is 19.1 Å². The number of aliphatic hydroxyl groups excluding tert-OH is 1. The number of likely N-dealkylation sites (tertiary alicyclic amines) is 1. The van der Waals surface area contributed by atoms with Crippen LogP contribution >= 0.6 is 0 Å². The minimum atomic E-state index is -0.419. The monoisotopic (exact) mass is 332 g/mol. The SMILES string of the molecule is COC(=O)[C@@H]1C[C@@H](O)[C@@H](N2CCC(N(C)c3ccccc3)CC2)C1. The molecule has 1 aromatic carbocycles. The molecule has 3 atom stereocenters. The van der Waals surface area contributed by atoms with E-state index in [-0.39, 0.29) is 17.9 Å². The van der Waals surface area contributed by atoms with E-state index in [9.17, 15) is 9.90 Å². The van der Waals surface area contributed by atoms with Crippen molar-refractivity contribution in [3.05, 3.63) is 30.3 Å². The fraction of sp³-hybridized carbons (Fsp3) is 0.632. The number of rotatable bonds is 4. The van der Waals surface area contributed by atoms with Gasteiger partial charge in [0.1, 0.15) is 0 Å². The van der Waals surface area contributed by atoms with Gasteiger partial charge in [-0.2, -0.15) is 0 Å². The molecule has 132 valence electrons. The lowest BCUT2D eigenvalue weighted by atomic mass is 10.00. The fourth-order valence-corrected chi connectivity index (χ4v) is 4.22. The van der Waals surface area contributed by atoms with Crippen LogP contribution < -0.4 is 4.90 Å². The van der Waals surface area contributed by atoms with Crippen molar-refractivity contribution in [2.24, 2.45) is 5.92 Å². The lowest BCUT2D eigenvalue weighted by Crippen LogP contribution is -2.49. The molecule has 24 heavy (non-hydrogen) atoms. The summed E-state index contributed by atoms with van der Waals surface area (Å²) in [6.07, 6.45) is 2.99. The second-order valence-electron chi connectivity index (χ2n) is 7.04. The molecular formula is C19H28N2O3. The van der Waals surface area contributed by atoms with E-state index in [2.05, 4.69) is 41.1 Å². The van der Waals surface area contributed by atoms with Crippen molar-refractivity contribution in [1.82, 2.24) is 4.90 Å². The number of para-hydroxylation sites is 1. The summed E-state index contributed by atoms with van der Waals surface area (Å²) in [6.45, 7) is 1.94. The molecule has 1 aliphatic heterocycles. The van der Waals surface area contributed by atoms with E-state index >= 15 is 0 Å². The lowest BCUT2D eigenvalue weighted by molar-refractivity contribution is -0.145. The first kappa shape index (κ1) is 17.2. The van der Waals surface area contributed by atoms with E-state index in [0.717, 1.165) is 25.9 Å². The van der Waals surface area contributed by atoms with E-state index in [1.54, 1.807) is 0 Å². The molecule has 3 rings (SSSR count). The molecule has 1 aliphatic carbocycles. The number of nitrogens with zero attached hydrogens (tertiary/aromatic N) is 2. The average Bonchev–Trinajstić information content (AvgIpc) is 3.03. The number of piperidine rings is 1. The third-order valence-corrected chi connectivity index (χ3v) is 5.71. The fourth-order valence-electron chi connectivity index (χ4n) is 4.22. The normalized spacial score (nSPS) is 28.7. The highest BCUT2D eigenvalue weighted by Crippen LogP contribution is 2.33. The Morgan fingerprint density at radius 1 is 1.21 bits per heavy atom. The van der Waals surface area contributed by atoms with Crippen LogP contribution in [0.3, 0.4) is 0 Å². The van der Waals surface area contributed by atoms with Crippen LogP contribution in [0.5, 0.6) is 0 Å². The van der Waals surface area contributed by atoms with E-state index in [4.69, 9.17) is 4.74 Å². The Balaban J connectivity index is 1.55. The zero-order chi connectivity index (χ0) is 17.1. The summed E-state index contributed by atoms with van der Waals surface area (Å²) in [6, 6.07) is 11.1. The topological polar surface area (TPSA) is 53.0 Å². The van der Waals surface area contributed by atoms with Gasteiger partial charge >= 0.3 is 5.97 Å². The number of carbonyl (C=O) groups is 1. The van der Waals surface area contributed by atoms with Gasteiger partial charge in [-0.25, -0.2) is 0 Å². The molecule has 1 N–H and O–H groups in total. The summed E-state index contributed by atoms with van der Waals surface area (Å²) in [4.78, 5) is 16.5. The highest BCUT2D eigenvalue weighted by atomic mass is 16.5. The van der Waals surface area contributed by atoms with Gasteiger partial charge in [-0.3, -0.25) is 9.69 Å². The molecule has 0 bridgehead atoms. The molecule has 0 unspecified atom stereocenters. The summed E-state index contributed by atoms with van der Waals surface area (Å²) < 4.78 is 4.84. The Bertz CT molecular complexity index is 543. The summed E-state index contributed by atoms with van der Waals surface area (Å²) in [7, 11) is 3.58. The molecule has 0 spiro atoms. The Labute approximate surface area is 144 Å². The van der Waals surface area contributed by atoms with Crippen molar-refractivity contribution in [2.75, 3.05) is 32.1 Å². The molecule has 5 nitrogen and oxygen atoms in total. The van der Waals surface area contributed by atoms with Gasteiger partial charge in [0.2, 0.25) is 0 Å². The van der Waals surface area contributed by atoms with Crippen LogP contribution in [0.25, 0.3) is 0 Å². The number of aliphatic hydroxyl groups is 1. The van der Waals surface area contributed by atoms with Crippen LogP contribution in [0.15, 0.2) is 30.3 Å². The number of benzene rings is 1. The Hall–Kier alpha value is -1.59.